The average Bonchev–Trinajstić information content (AvgIpc) is 2.71. The van der Waals surface area contributed by atoms with Gasteiger partial charge in [0.1, 0.15) is 17.2 Å². The zero-order valence-corrected chi connectivity index (χ0v) is 16.8. The number of nitrogen functional groups attached to an aromatic ring is 1. The van der Waals surface area contributed by atoms with Crippen molar-refractivity contribution in [3.05, 3.63) is 91.9 Å². The first kappa shape index (κ1) is 21.0. The summed E-state index contributed by atoms with van der Waals surface area (Å²) >= 11 is 0. The van der Waals surface area contributed by atoms with E-state index in [0.717, 1.165) is 10.1 Å². The molecule has 1 heterocycles. The summed E-state index contributed by atoms with van der Waals surface area (Å²) < 4.78 is 15.5. The van der Waals surface area contributed by atoms with E-state index in [1.165, 1.54) is 22.8 Å². The van der Waals surface area contributed by atoms with Crippen LogP contribution in [0.1, 0.15) is 28.4 Å². The Morgan fingerprint density at radius 3 is 2.43 bits per heavy atom. The fraction of sp³-hybridized carbons (Fsp3) is 0.227. The summed E-state index contributed by atoms with van der Waals surface area (Å²) in [6.45, 7) is 3.38. The molecular weight excluding hydrogens is 387 g/mol. The van der Waals surface area contributed by atoms with Gasteiger partial charge in [0.25, 0.3) is 5.56 Å². The summed E-state index contributed by atoms with van der Waals surface area (Å²) in [5, 5.41) is 2.91. The number of anilines is 2. The van der Waals surface area contributed by atoms with Crippen molar-refractivity contribution >= 4 is 17.3 Å². The third-order valence-corrected chi connectivity index (χ3v) is 4.87. The van der Waals surface area contributed by atoms with Crippen molar-refractivity contribution in [2.45, 2.75) is 26.9 Å². The van der Waals surface area contributed by atoms with E-state index in [4.69, 9.17) is 5.73 Å². The highest BCUT2D eigenvalue weighted by Crippen LogP contribution is 2.16. The van der Waals surface area contributed by atoms with Gasteiger partial charge in [0.2, 0.25) is 0 Å². The SMILES string of the molecule is CCn1c(=O)c(C(=O)CNc2ccc(F)cc2C)c(N)n(Cc2ccccc2)c1=O. The number of Topliss-reactive ketones (excluding diaryl/α,β-unsaturated/α-hetero) is 1. The van der Waals surface area contributed by atoms with Crippen LogP contribution in [-0.4, -0.2) is 21.5 Å². The lowest BCUT2D eigenvalue weighted by atomic mass is 10.1. The molecule has 0 fully saturated rings. The number of carbonyl (C=O) groups excluding carboxylic acids is 1. The van der Waals surface area contributed by atoms with E-state index in [2.05, 4.69) is 5.32 Å². The lowest BCUT2D eigenvalue weighted by Gasteiger charge is -2.16. The van der Waals surface area contributed by atoms with E-state index < -0.39 is 17.0 Å². The number of aromatic nitrogens is 2. The first-order valence-electron chi connectivity index (χ1n) is 9.53. The summed E-state index contributed by atoms with van der Waals surface area (Å²) in [4.78, 5) is 38.4. The van der Waals surface area contributed by atoms with Crippen LogP contribution in [0.2, 0.25) is 0 Å². The molecule has 0 radical (unpaired) electrons. The molecule has 0 amide bonds. The second kappa shape index (κ2) is 8.77. The predicted octanol–water partition coefficient (Wildman–Crippen LogP) is 2.40. The monoisotopic (exact) mass is 410 g/mol. The third kappa shape index (κ3) is 4.17. The Kier molecular flexibility index (Phi) is 6.15. The van der Waals surface area contributed by atoms with Gasteiger partial charge in [-0.3, -0.25) is 18.7 Å². The van der Waals surface area contributed by atoms with E-state index in [9.17, 15) is 18.8 Å². The third-order valence-electron chi connectivity index (χ3n) is 4.87. The molecule has 8 heteroatoms. The minimum atomic E-state index is -0.716. The Labute approximate surface area is 172 Å². The van der Waals surface area contributed by atoms with Crippen LogP contribution in [0.25, 0.3) is 0 Å². The molecule has 0 atom stereocenters. The Morgan fingerprint density at radius 1 is 1.10 bits per heavy atom. The maximum atomic E-state index is 13.3. The molecule has 3 rings (SSSR count). The van der Waals surface area contributed by atoms with Crippen LogP contribution in [-0.2, 0) is 13.1 Å². The van der Waals surface area contributed by atoms with E-state index in [1.807, 2.05) is 30.3 Å². The number of halogens is 1. The maximum Gasteiger partial charge on any atom is 0.332 e. The Bertz CT molecular complexity index is 1200. The van der Waals surface area contributed by atoms with Crippen LogP contribution >= 0.6 is 0 Å². The Morgan fingerprint density at radius 2 is 1.80 bits per heavy atom. The van der Waals surface area contributed by atoms with Gasteiger partial charge in [0.05, 0.1) is 13.1 Å². The van der Waals surface area contributed by atoms with Gasteiger partial charge in [-0.1, -0.05) is 30.3 Å². The molecule has 3 N–H and O–H groups in total. The fourth-order valence-corrected chi connectivity index (χ4v) is 3.26. The van der Waals surface area contributed by atoms with Gasteiger partial charge >= 0.3 is 5.69 Å². The molecule has 0 aliphatic heterocycles. The van der Waals surface area contributed by atoms with Crippen LogP contribution in [0.4, 0.5) is 15.9 Å². The summed E-state index contributed by atoms with van der Waals surface area (Å²) in [5.41, 5.74) is 6.61. The van der Waals surface area contributed by atoms with Crippen LogP contribution in [0, 0.1) is 12.7 Å². The number of ketones is 1. The van der Waals surface area contributed by atoms with E-state index >= 15 is 0 Å². The zero-order valence-electron chi connectivity index (χ0n) is 16.8. The molecular formula is C22H23FN4O3. The molecule has 30 heavy (non-hydrogen) atoms. The van der Waals surface area contributed by atoms with Crippen molar-refractivity contribution in [1.29, 1.82) is 0 Å². The van der Waals surface area contributed by atoms with Crippen molar-refractivity contribution < 1.29 is 9.18 Å². The number of hydrogen-bond donors (Lipinski definition) is 2. The first-order valence-corrected chi connectivity index (χ1v) is 9.53. The summed E-state index contributed by atoms with van der Waals surface area (Å²) in [5.74, 6) is -1.10. The van der Waals surface area contributed by atoms with Crippen molar-refractivity contribution in [3.8, 4) is 0 Å². The average molecular weight is 410 g/mol. The van der Waals surface area contributed by atoms with Crippen molar-refractivity contribution in [1.82, 2.24) is 9.13 Å². The standard InChI is InChI=1S/C22H23FN4O3/c1-3-26-21(29)19(18(28)12-25-17-10-9-16(23)11-14(17)2)20(24)27(22(26)30)13-15-7-5-4-6-8-15/h4-11,25H,3,12-13,24H2,1-2H3. The topological polar surface area (TPSA) is 99.1 Å². The number of benzene rings is 2. The van der Waals surface area contributed by atoms with Gasteiger partial charge < -0.3 is 11.1 Å². The van der Waals surface area contributed by atoms with Gasteiger partial charge in [-0.2, -0.15) is 0 Å². The molecule has 3 aromatic rings. The number of nitrogens with two attached hydrogens (primary N) is 1. The number of aryl methyl sites for hydroxylation is 1. The molecule has 0 saturated heterocycles. The molecule has 0 saturated carbocycles. The highest BCUT2D eigenvalue weighted by molar-refractivity contribution is 6.02. The molecule has 1 aromatic heterocycles. The van der Waals surface area contributed by atoms with Gasteiger partial charge in [-0.25, -0.2) is 9.18 Å². The van der Waals surface area contributed by atoms with Gasteiger partial charge in [-0.05, 0) is 43.2 Å². The van der Waals surface area contributed by atoms with Crippen molar-refractivity contribution in [2.24, 2.45) is 0 Å². The molecule has 2 aromatic carbocycles. The Balaban J connectivity index is 1.98. The van der Waals surface area contributed by atoms with Crippen molar-refractivity contribution in [3.63, 3.8) is 0 Å². The number of nitrogens with one attached hydrogen (secondary N) is 1. The lowest BCUT2D eigenvalue weighted by molar-refractivity contribution is 0.100. The zero-order chi connectivity index (χ0) is 21.8. The summed E-state index contributed by atoms with van der Waals surface area (Å²) in [6, 6.07) is 13.3. The highest BCUT2D eigenvalue weighted by Gasteiger charge is 2.22. The molecule has 0 unspecified atom stereocenters. The molecule has 0 aliphatic rings. The first-order chi connectivity index (χ1) is 14.3. The summed E-state index contributed by atoms with van der Waals surface area (Å²) in [7, 11) is 0. The van der Waals surface area contributed by atoms with Crippen LogP contribution < -0.4 is 22.3 Å². The van der Waals surface area contributed by atoms with E-state index in [1.54, 1.807) is 13.8 Å². The molecule has 7 nitrogen and oxygen atoms in total. The van der Waals surface area contributed by atoms with Crippen LogP contribution in [0.3, 0.4) is 0 Å². The predicted molar refractivity (Wildman–Crippen MR) is 115 cm³/mol. The molecule has 0 spiro atoms. The van der Waals surface area contributed by atoms with Gasteiger partial charge in [0, 0.05) is 12.2 Å². The Hall–Kier alpha value is -3.68. The number of hydrogen-bond acceptors (Lipinski definition) is 5. The molecule has 0 aliphatic carbocycles. The second-order valence-electron chi connectivity index (χ2n) is 6.90. The smallest absolute Gasteiger partial charge is 0.332 e. The highest BCUT2D eigenvalue weighted by atomic mass is 19.1. The van der Waals surface area contributed by atoms with Crippen LogP contribution in [0.15, 0.2) is 58.1 Å². The second-order valence-corrected chi connectivity index (χ2v) is 6.90. The van der Waals surface area contributed by atoms with E-state index in [-0.39, 0.29) is 36.8 Å². The largest absolute Gasteiger partial charge is 0.384 e. The molecule has 0 bridgehead atoms. The van der Waals surface area contributed by atoms with Gasteiger partial charge in [0.15, 0.2) is 5.78 Å². The number of nitrogens with zero attached hydrogens (tertiary/aromatic N) is 2. The maximum absolute atomic E-state index is 13.3. The number of rotatable bonds is 7. The normalized spacial score (nSPS) is 10.8. The van der Waals surface area contributed by atoms with Crippen LogP contribution in [0.5, 0.6) is 0 Å². The minimum Gasteiger partial charge on any atom is -0.384 e. The fourth-order valence-electron chi connectivity index (χ4n) is 3.26. The molecule has 156 valence electrons. The van der Waals surface area contributed by atoms with Crippen molar-refractivity contribution in [2.75, 3.05) is 17.6 Å². The number of carbonyl (C=O) groups is 1. The lowest BCUT2D eigenvalue weighted by Crippen LogP contribution is -2.44. The minimum absolute atomic E-state index is 0.109. The quantitative estimate of drug-likeness (QED) is 0.583. The van der Waals surface area contributed by atoms with E-state index in [0.29, 0.717) is 11.3 Å². The van der Waals surface area contributed by atoms with Gasteiger partial charge in [-0.15, -0.1) is 0 Å². The summed E-state index contributed by atoms with van der Waals surface area (Å²) in [6.07, 6.45) is 0.